The molecule has 6 heteroatoms. The monoisotopic (exact) mass is 294 g/mol. The Hall–Kier alpha value is -1.40. The number of anilines is 1. The summed E-state index contributed by atoms with van der Waals surface area (Å²) in [7, 11) is 0. The first-order valence-corrected chi connectivity index (χ1v) is 7.63. The largest absolute Gasteiger partial charge is 0.379 e. The highest BCUT2D eigenvalue weighted by atomic mass is 16.5. The molecule has 0 spiro atoms. The molecule has 0 bridgehead atoms. The van der Waals surface area contributed by atoms with Crippen molar-refractivity contribution in [3.63, 3.8) is 0 Å². The molecule has 2 N–H and O–H groups in total. The lowest BCUT2D eigenvalue weighted by Gasteiger charge is -2.18. The molecule has 0 radical (unpaired) electrons. The SMILES string of the molecule is CCNC1COCC1C(=O)Nc1c(C)nn(C(C)C)c1C. The lowest BCUT2D eigenvalue weighted by Crippen LogP contribution is -2.41. The van der Waals surface area contributed by atoms with Gasteiger partial charge in [0, 0.05) is 12.1 Å². The number of hydrogen-bond acceptors (Lipinski definition) is 4. The fourth-order valence-corrected chi connectivity index (χ4v) is 2.84. The third-order valence-corrected chi connectivity index (χ3v) is 3.95. The molecule has 0 aromatic carbocycles. The minimum Gasteiger partial charge on any atom is -0.379 e. The zero-order chi connectivity index (χ0) is 15.6. The highest BCUT2D eigenvalue weighted by molar-refractivity contribution is 5.94. The van der Waals surface area contributed by atoms with Gasteiger partial charge in [0.05, 0.1) is 36.2 Å². The number of nitrogens with zero attached hydrogens (tertiary/aromatic N) is 2. The molecule has 0 aliphatic carbocycles. The molecule has 1 saturated heterocycles. The van der Waals surface area contributed by atoms with Gasteiger partial charge in [-0.2, -0.15) is 5.10 Å². The molecule has 1 fully saturated rings. The second kappa shape index (κ2) is 6.58. The predicted octanol–water partition coefficient (Wildman–Crippen LogP) is 1.64. The van der Waals surface area contributed by atoms with Gasteiger partial charge in [0.15, 0.2) is 0 Å². The second-order valence-electron chi connectivity index (χ2n) is 5.88. The number of carbonyl (C=O) groups is 1. The highest BCUT2D eigenvalue weighted by Crippen LogP contribution is 2.24. The average Bonchev–Trinajstić information content (AvgIpc) is 2.98. The number of nitrogens with one attached hydrogen (secondary N) is 2. The van der Waals surface area contributed by atoms with E-state index in [2.05, 4.69) is 29.6 Å². The lowest BCUT2D eigenvalue weighted by atomic mass is 10.0. The van der Waals surface area contributed by atoms with Crippen LogP contribution in [0.5, 0.6) is 0 Å². The molecule has 21 heavy (non-hydrogen) atoms. The quantitative estimate of drug-likeness (QED) is 0.866. The molecule has 2 unspecified atom stereocenters. The summed E-state index contributed by atoms with van der Waals surface area (Å²) in [5.74, 6) is -0.140. The molecule has 1 aliphatic rings. The van der Waals surface area contributed by atoms with Crippen LogP contribution < -0.4 is 10.6 Å². The van der Waals surface area contributed by atoms with Crippen molar-refractivity contribution in [2.75, 3.05) is 25.1 Å². The van der Waals surface area contributed by atoms with Crippen LogP contribution in [-0.2, 0) is 9.53 Å². The zero-order valence-corrected chi connectivity index (χ0v) is 13.6. The Labute approximate surface area is 126 Å². The maximum Gasteiger partial charge on any atom is 0.231 e. The van der Waals surface area contributed by atoms with Crippen molar-refractivity contribution in [1.82, 2.24) is 15.1 Å². The van der Waals surface area contributed by atoms with Crippen LogP contribution in [0.25, 0.3) is 0 Å². The second-order valence-corrected chi connectivity index (χ2v) is 5.88. The van der Waals surface area contributed by atoms with E-state index in [-0.39, 0.29) is 23.9 Å². The van der Waals surface area contributed by atoms with E-state index >= 15 is 0 Å². The van der Waals surface area contributed by atoms with E-state index in [1.54, 1.807) is 0 Å². The van der Waals surface area contributed by atoms with Gasteiger partial charge in [-0.05, 0) is 34.2 Å². The molecule has 118 valence electrons. The number of aryl methyl sites for hydroxylation is 1. The number of amides is 1. The van der Waals surface area contributed by atoms with Gasteiger partial charge in [0.25, 0.3) is 0 Å². The average molecular weight is 294 g/mol. The molecule has 1 aromatic heterocycles. The van der Waals surface area contributed by atoms with E-state index < -0.39 is 0 Å². The summed E-state index contributed by atoms with van der Waals surface area (Å²) in [4.78, 5) is 12.5. The van der Waals surface area contributed by atoms with Gasteiger partial charge < -0.3 is 15.4 Å². The maximum atomic E-state index is 12.5. The zero-order valence-electron chi connectivity index (χ0n) is 13.6. The van der Waals surface area contributed by atoms with Crippen LogP contribution in [0.15, 0.2) is 0 Å². The first-order valence-electron chi connectivity index (χ1n) is 7.63. The van der Waals surface area contributed by atoms with E-state index in [1.807, 2.05) is 25.5 Å². The smallest absolute Gasteiger partial charge is 0.231 e. The molecule has 1 aromatic rings. The lowest BCUT2D eigenvalue weighted by molar-refractivity contribution is -0.120. The standard InChI is InChI=1S/C15H26N4O2/c1-6-16-13-8-21-7-12(13)15(20)17-14-10(4)18-19(9(2)3)11(14)5/h9,12-13,16H,6-8H2,1-5H3,(H,17,20). The highest BCUT2D eigenvalue weighted by Gasteiger charge is 2.34. The minimum atomic E-state index is -0.147. The fourth-order valence-electron chi connectivity index (χ4n) is 2.84. The van der Waals surface area contributed by atoms with Gasteiger partial charge in [-0.3, -0.25) is 9.48 Å². The summed E-state index contributed by atoms with van der Waals surface area (Å²) < 4.78 is 7.38. The number of aromatic nitrogens is 2. The third-order valence-electron chi connectivity index (χ3n) is 3.95. The Balaban J connectivity index is 2.13. The Kier molecular flexibility index (Phi) is 5.00. The Morgan fingerprint density at radius 3 is 2.71 bits per heavy atom. The summed E-state index contributed by atoms with van der Waals surface area (Å²) in [6.07, 6.45) is 0. The van der Waals surface area contributed by atoms with Gasteiger partial charge >= 0.3 is 0 Å². The molecule has 1 aliphatic heterocycles. The van der Waals surface area contributed by atoms with E-state index in [0.717, 1.165) is 23.6 Å². The van der Waals surface area contributed by atoms with Gasteiger partial charge in [0.2, 0.25) is 5.91 Å². The van der Waals surface area contributed by atoms with Gasteiger partial charge in [-0.25, -0.2) is 0 Å². The molecular formula is C15H26N4O2. The summed E-state index contributed by atoms with van der Waals surface area (Å²) in [5, 5.41) is 10.8. The van der Waals surface area contributed by atoms with Gasteiger partial charge in [0.1, 0.15) is 0 Å². The summed E-state index contributed by atoms with van der Waals surface area (Å²) in [5.41, 5.74) is 2.68. The maximum absolute atomic E-state index is 12.5. The van der Waals surface area contributed by atoms with E-state index in [9.17, 15) is 4.79 Å². The van der Waals surface area contributed by atoms with Crippen molar-refractivity contribution in [3.8, 4) is 0 Å². The normalized spacial score (nSPS) is 22.0. The topological polar surface area (TPSA) is 68.2 Å². The van der Waals surface area contributed by atoms with Crippen molar-refractivity contribution in [2.24, 2.45) is 5.92 Å². The van der Waals surface area contributed by atoms with E-state index in [4.69, 9.17) is 4.74 Å². The van der Waals surface area contributed by atoms with E-state index in [1.165, 1.54) is 0 Å². The van der Waals surface area contributed by atoms with Crippen LogP contribution >= 0.6 is 0 Å². The minimum absolute atomic E-state index is 0.00737. The predicted molar refractivity (Wildman–Crippen MR) is 82.5 cm³/mol. The van der Waals surface area contributed by atoms with Gasteiger partial charge in [-0.15, -0.1) is 0 Å². The molecule has 2 atom stereocenters. The van der Waals surface area contributed by atoms with Crippen LogP contribution in [0.3, 0.4) is 0 Å². The third kappa shape index (κ3) is 3.27. The summed E-state index contributed by atoms with van der Waals surface area (Å²) in [6.45, 7) is 12.0. The molecule has 6 nitrogen and oxygen atoms in total. The summed E-state index contributed by atoms with van der Waals surface area (Å²) in [6, 6.07) is 0.370. The summed E-state index contributed by atoms with van der Waals surface area (Å²) >= 11 is 0. The van der Waals surface area contributed by atoms with Crippen molar-refractivity contribution >= 4 is 11.6 Å². The molecule has 1 amide bonds. The molecule has 0 saturated carbocycles. The molecule has 2 heterocycles. The van der Waals surface area contributed by atoms with Crippen LogP contribution in [0.1, 0.15) is 38.2 Å². The Morgan fingerprint density at radius 1 is 1.43 bits per heavy atom. The van der Waals surface area contributed by atoms with Crippen molar-refractivity contribution in [2.45, 2.75) is 46.7 Å². The number of rotatable bonds is 5. The van der Waals surface area contributed by atoms with Crippen LogP contribution in [0.2, 0.25) is 0 Å². The van der Waals surface area contributed by atoms with Crippen LogP contribution in [0, 0.1) is 19.8 Å². The first kappa shape index (κ1) is 16.0. The van der Waals surface area contributed by atoms with Crippen molar-refractivity contribution in [3.05, 3.63) is 11.4 Å². The number of ether oxygens (including phenoxy) is 1. The Bertz CT molecular complexity index is 510. The number of carbonyl (C=O) groups excluding carboxylic acids is 1. The fraction of sp³-hybridized carbons (Fsp3) is 0.733. The van der Waals surface area contributed by atoms with Crippen molar-refractivity contribution < 1.29 is 9.53 Å². The van der Waals surface area contributed by atoms with Crippen LogP contribution in [0.4, 0.5) is 5.69 Å². The van der Waals surface area contributed by atoms with E-state index in [0.29, 0.717) is 13.2 Å². The van der Waals surface area contributed by atoms with Crippen LogP contribution in [-0.4, -0.2) is 41.5 Å². The molecule has 2 rings (SSSR count). The number of likely N-dealkylation sites (N-methyl/N-ethyl adjacent to an activating group) is 1. The van der Waals surface area contributed by atoms with Crippen molar-refractivity contribution in [1.29, 1.82) is 0 Å². The number of hydrogen-bond donors (Lipinski definition) is 2. The van der Waals surface area contributed by atoms with Gasteiger partial charge in [-0.1, -0.05) is 6.92 Å². The first-order chi connectivity index (χ1) is 9.95. The Morgan fingerprint density at radius 2 is 2.14 bits per heavy atom. The molecular weight excluding hydrogens is 268 g/mol.